The quantitative estimate of drug-likeness (QED) is 0.896. The van der Waals surface area contributed by atoms with Gasteiger partial charge in [-0.15, -0.1) is 0 Å². The third kappa shape index (κ3) is 5.26. The molecule has 0 unspecified atom stereocenters. The van der Waals surface area contributed by atoms with E-state index in [0.717, 1.165) is 43.6 Å². The molecule has 0 radical (unpaired) electrons. The summed E-state index contributed by atoms with van der Waals surface area (Å²) in [6.07, 6.45) is 5.51. The molecule has 138 valence electrons. The van der Waals surface area contributed by atoms with Gasteiger partial charge in [0.05, 0.1) is 0 Å². The molecule has 0 aliphatic carbocycles. The summed E-state index contributed by atoms with van der Waals surface area (Å²) in [5.74, 6) is -0.214. The van der Waals surface area contributed by atoms with Crippen molar-refractivity contribution in [2.75, 3.05) is 20.1 Å². The number of aromatic nitrogens is 1. The lowest BCUT2D eigenvalue weighted by atomic mass is 10.0. The zero-order valence-corrected chi connectivity index (χ0v) is 15.1. The van der Waals surface area contributed by atoms with Crippen LogP contribution in [0.1, 0.15) is 24.0 Å². The molecule has 2 aromatic rings. The topological polar surface area (TPSA) is 48.5 Å². The SMILES string of the molecule is CN(Cc1cccnc1)C(=O)N[C@@H]1CCCN(Cc2ccc(F)cc2)C1. The third-order valence-electron chi connectivity index (χ3n) is 4.64. The Morgan fingerprint density at radius 1 is 1.31 bits per heavy atom. The fraction of sp³-hybridized carbons (Fsp3) is 0.400. The fourth-order valence-electron chi connectivity index (χ4n) is 3.29. The molecule has 6 heteroatoms. The molecule has 0 bridgehead atoms. The fourth-order valence-corrected chi connectivity index (χ4v) is 3.29. The van der Waals surface area contributed by atoms with Gasteiger partial charge in [-0.25, -0.2) is 9.18 Å². The Morgan fingerprint density at radius 2 is 2.12 bits per heavy atom. The van der Waals surface area contributed by atoms with Crippen LogP contribution in [-0.4, -0.2) is 47.0 Å². The van der Waals surface area contributed by atoms with Gasteiger partial charge in [0.1, 0.15) is 5.82 Å². The number of carbonyl (C=O) groups excluding carboxylic acids is 1. The van der Waals surface area contributed by atoms with Gasteiger partial charge in [0, 0.05) is 45.1 Å². The summed E-state index contributed by atoms with van der Waals surface area (Å²) in [5.41, 5.74) is 2.10. The third-order valence-corrected chi connectivity index (χ3v) is 4.64. The smallest absolute Gasteiger partial charge is 0.317 e. The van der Waals surface area contributed by atoms with Crippen LogP contribution in [0.4, 0.5) is 9.18 Å². The second kappa shape index (κ2) is 8.76. The molecule has 1 N–H and O–H groups in total. The van der Waals surface area contributed by atoms with E-state index in [2.05, 4.69) is 15.2 Å². The summed E-state index contributed by atoms with van der Waals surface area (Å²) in [5, 5.41) is 3.13. The van der Waals surface area contributed by atoms with E-state index >= 15 is 0 Å². The van der Waals surface area contributed by atoms with Crippen LogP contribution in [0.15, 0.2) is 48.8 Å². The van der Waals surface area contributed by atoms with Crippen LogP contribution in [0.25, 0.3) is 0 Å². The van der Waals surface area contributed by atoms with Gasteiger partial charge in [0.2, 0.25) is 0 Å². The van der Waals surface area contributed by atoms with Crippen LogP contribution in [0.3, 0.4) is 0 Å². The van der Waals surface area contributed by atoms with Crippen molar-refractivity contribution >= 4 is 6.03 Å². The number of amides is 2. The van der Waals surface area contributed by atoms with E-state index in [1.165, 1.54) is 12.1 Å². The van der Waals surface area contributed by atoms with E-state index in [9.17, 15) is 9.18 Å². The van der Waals surface area contributed by atoms with Crippen LogP contribution in [0.5, 0.6) is 0 Å². The Hall–Kier alpha value is -2.47. The molecule has 1 aliphatic heterocycles. The van der Waals surface area contributed by atoms with E-state index in [0.29, 0.717) is 6.54 Å². The lowest BCUT2D eigenvalue weighted by Crippen LogP contribution is -2.50. The lowest BCUT2D eigenvalue weighted by Gasteiger charge is -2.34. The number of nitrogens with zero attached hydrogens (tertiary/aromatic N) is 3. The number of likely N-dealkylation sites (tertiary alicyclic amines) is 1. The molecule has 3 rings (SSSR count). The molecule has 1 atom stereocenters. The Labute approximate surface area is 153 Å². The van der Waals surface area contributed by atoms with Crippen molar-refractivity contribution in [3.63, 3.8) is 0 Å². The van der Waals surface area contributed by atoms with Crippen molar-refractivity contribution in [3.8, 4) is 0 Å². The molecule has 1 aliphatic rings. The van der Waals surface area contributed by atoms with E-state index in [1.54, 1.807) is 24.3 Å². The molecular formula is C20H25FN4O. The number of halogens is 1. The highest BCUT2D eigenvalue weighted by molar-refractivity contribution is 5.74. The maximum Gasteiger partial charge on any atom is 0.317 e. The number of rotatable bonds is 5. The predicted octanol–water partition coefficient (Wildman–Crippen LogP) is 3.03. The molecule has 1 fully saturated rings. The molecule has 0 saturated carbocycles. The number of pyridine rings is 1. The predicted molar refractivity (Wildman–Crippen MR) is 98.9 cm³/mol. The standard InChI is InChI=1S/C20H25FN4O/c1-24(13-17-4-2-10-22-12-17)20(26)23-19-5-3-11-25(15-19)14-16-6-8-18(21)9-7-16/h2,4,6-10,12,19H,3,5,11,13-15H2,1H3,(H,23,26)/t19-/m1/s1. The van der Waals surface area contributed by atoms with Crippen molar-refractivity contribution in [2.45, 2.75) is 32.0 Å². The number of benzene rings is 1. The maximum absolute atomic E-state index is 13.0. The molecule has 1 aromatic carbocycles. The van der Waals surface area contributed by atoms with Gasteiger partial charge in [0.25, 0.3) is 0 Å². The lowest BCUT2D eigenvalue weighted by molar-refractivity contribution is 0.167. The van der Waals surface area contributed by atoms with Crippen LogP contribution in [-0.2, 0) is 13.1 Å². The van der Waals surface area contributed by atoms with Gasteiger partial charge >= 0.3 is 6.03 Å². The summed E-state index contributed by atoms with van der Waals surface area (Å²) in [6.45, 7) is 3.11. The monoisotopic (exact) mass is 356 g/mol. The first-order valence-corrected chi connectivity index (χ1v) is 8.97. The van der Waals surface area contributed by atoms with Gasteiger partial charge in [-0.3, -0.25) is 9.88 Å². The van der Waals surface area contributed by atoms with Gasteiger partial charge in [0.15, 0.2) is 0 Å². The average Bonchev–Trinajstić information content (AvgIpc) is 2.65. The van der Waals surface area contributed by atoms with Gasteiger partial charge in [-0.2, -0.15) is 0 Å². The Kier molecular flexibility index (Phi) is 6.17. The first-order valence-electron chi connectivity index (χ1n) is 8.97. The highest BCUT2D eigenvalue weighted by Crippen LogP contribution is 2.15. The van der Waals surface area contributed by atoms with Crippen molar-refractivity contribution in [1.82, 2.24) is 20.1 Å². The Morgan fingerprint density at radius 3 is 2.85 bits per heavy atom. The minimum absolute atomic E-state index is 0.0671. The largest absolute Gasteiger partial charge is 0.334 e. The number of nitrogens with one attached hydrogen (secondary N) is 1. The van der Waals surface area contributed by atoms with Crippen LogP contribution in [0, 0.1) is 5.82 Å². The molecule has 2 amide bonds. The molecular weight excluding hydrogens is 331 g/mol. The van der Waals surface area contributed by atoms with Crippen LogP contribution in [0.2, 0.25) is 0 Å². The second-order valence-corrected chi connectivity index (χ2v) is 6.87. The number of piperidine rings is 1. The number of hydrogen-bond donors (Lipinski definition) is 1. The van der Waals surface area contributed by atoms with E-state index in [4.69, 9.17) is 0 Å². The van der Waals surface area contributed by atoms with Gasteiger partial charge in [-0.05, 0) is 48.7 Å². The van der Waals surface area contributed by atoms with E-state index in [-0.39, 0.29) is 17.9 Å². The summed E-state index contributed by atoms with van der Waals surface area (Å²) < 4.78 is 13.0. The Bertz CT molecular complexity index is 708. The van der Waals surface area contributed by atoms with Crippen molar-refractivity contribution in [2.24, 2.45) is 0 Å². The number of urea groups is 1. The Balaban J connectivity index is 1.49. The minimum Gasteiger partial charge on any atom is -0.334 e. The van der Waals surface area contributed by atoms with Crippen LogP contribution < -0.4 is 5.32 Å². The molecule has 26 heavy (non-hydrogen) atoms. The summed E-state index contributed by atoms with van der Waals surface area (Å²) in [4.78, 5) is 20.5. The number of carbonyl (C=O) groups is 1. The van der Waals surface area contributed by atoms with E-state index < -0.39 is 0 Å². The van der Waals surface area contributed by atoms with E-state index in [1.807, 2.05) is 24.3 Å². The van der Waals surface area contributed by atoms with Gasteiger partial charge in [-0.1, -0.05) is 18.2 Å². The van der Waals surface area contributed by atoms with Crippen molar-refractivity contribution in [1.29, 1.82) is 0 Å². The summed E-state index contributed by atoms with van der Waals surface area (Å²) >= 11 is 0. The second-order valence-electron chi connectivity index (χ2n) is 6.87. The van der Waals surface area contributed by atoms with Crippen molar-refractivity contribution < 1.29 is 9.18 Å². The first kappa shape index (κ1) is 18.3. The maximum atomic E-state index is 13.0. The highest BCUT2D eigenvalue weighted by atomic mass is 19.1. The molecule has 2 heterocycles. The zero-order chi connectivity index (χ0) is 18.4. The molecule has 0 spiro atoms. The zero-order valence-electron chi connectivity index (χ0n) is 15.1. The van der Waals surface area contributed by atoms with Gasteiger partial charge < -0.3 is 10.2 Å². The normalized spacial score (nSPS) is 17.7. The highest BCUT2D eigenvalue weighted by Gasteiger charge is 2.22. The van der Waals surface area contributed by atoms with Crippen LogP contribution >= 0.6 is 0 Å². The van der Waals surface area contributed by atoms with Crippen molar-refractivity contribution in [3.05, 3.63) is 65.7 Å². The first-order chi connectivity index (χ1) is 12.6. The molecule has 5 nitrogen and oxygen atoms in total. The average molecular weight is 356 g/mol. The summed E-state index contributed by atoms with van der Waals surface area (Å²) in [7, 11) is 1.79. The summed E-state index contributed by atoms with van der Waals surface area (Å²) in [6, 6.07) is 10.5. The molecule has 1 saturated heterocycles. The molecule has 1 aromatic heterocycles. The minimum atomic E-state index is -0.214. The number of hydrogen-bond acceptors (Lipinski definition) is 3.